The molecule has 1 atom stereocenters. The highest BCUT2D eigenvalue weighted by molar-refractivity contribution is 5.82. The second kappa shape index (κ2) is 7.19. The molecule has 2 aromatic carbocycles. The summed E-state index contributed by atoms with van der Waals surface area (Å²) in [4.78, 5) is 12.4. The van der Waals surface area contributed by atoms with Crippen LogP contribution < -0.4 is 20.1 Å². The molecule has 1 unspecified atom stereocenters. The van der Waals surface area contributed by atoms with Crippen molar-refractivity contribution in [1.29, 1.82) is 0 Å². The Labute approximate surface area is 158 Å². The number of amides is 2. The first-order chi connectivity index (χ1) is 13.2. The molecule has 5 heteroatoms. The normalized spacial score (nSPS) is 20.1. The van der Waals surface area contributed by atoms with E-state index in [-0.39, 0.29) is 12.1 Å². The Kier molecular flexibility index (Phi) is 4.59. The Morgan fingerprint density at radius 1 is 0.963 bits per heavy atom. The van der Waals surface area contributed by atoms with Crippen molar-refractivity contribution in [3.63, 3.8) is 0 Å². The van der Waals surface area contributed by atoms with E-state index in [0.717, 1.165) is 46.7 Å². The molecule has 0 saturated carbocycles. The molecule has 0 radical (unpaired) electrons. The van der Waals surface area contributed by atoms with Crippen molar-refractivity contribution in [2.75, 3.05) is 14.2 Å². The van der Waals surface area contributed by atoms with E-state index in [1.54, 1.807) is 14.2 Å². The summed E-state index contributed by atoms with van der Waals surface area (Å²) < 4.78 is 11.0. The van der Waals surface area contributed by atoms with Crippen molar-refractivity contribution in [3.8, 4) is 11.5 Å². The van der Waals surface area contributed by atoms with Gasteiger partial charge in [0, 0.05) is 16.8 Å². The quantitative estimate of drug-likeness (QED) is 0.857. The Bertz CT molecular complexity index is 946. The van der Waals surface area contributed by atoms with Crippen molar-refractivity contribution < 1.29 is 14.3 Å². The summed E-state index contributed by atoms with van der Waals surface area (Å²) in [6.07, 6.45) is 3.86. The standard InChI is InChI=1S/C22H22N2O3/c1-26-18-9-5-3-7-14(18)13-15-11-12-17-20(15)23-22(25)24-21(17)16-8-4-6-10-19(16)27-2/h3-10,13,21H,11-12H2,1-2H3,(H2,23,24,25)/b15-13+. The summed E-state index contributed by atoms with van der Waals surface area (Å²) in [5.74, 6) is 1.60. The smallest absolute Gasteiger partial charge is 0.319 e. The molecule has 2 aliphatic rings. The summed E-state index contributed by atoms with van der Waals surface area (Å²) in [7, 11) is 3.32. The van der Waals surface area contributed by atoms with Crippen LogP contribution in [-0.4, -0.2) is 20.3 Å². The Hall–Kier alpha value is -3.21. The molecular formula is C22H22N2O3. The number of carbonyl (C=O) groups excluding carboxylic acids is 1. The van der Waals surface area contributed by atoms with E-state index in [1.807, 2.05) is 48.5 Å². The fourth-order valence-electron chi connectivity index (χ4n) is 3.83. The number of ether oxygens (including phenoxy) is 2. The van der Waals surface area contributed by atoms with Crippen molar-refractivity contribution in [3.05, 3.63) is 76.5 Å². The highest BCUT2D eigenvalue weighted by atomic mass is 16.5. The maximum atomic E-state index is 12.4. The van der Waals surface area contributed by atoms with Crippen LogP contribution in [0.25, 0.3) is 6.08 Å². The van der Waals surface area contributed by atoms with Gasteiger partial charge in [0.15, 0.2) is 0 Å². The van der Waals surface area contributed by atoms with E-state index in [0.29, 0.717) is 0 Å². The number of carbonyl (C=O) groups is 1. The fourth-order valence-corrected chi connectivity index (χ4v) is 3.83. The van der Waals surface area contributed by atoms with Crippen LogP contribution in [-0.2, 0) is 0 Å². The lowest BCUT2D eigenvalue weighted by atomic mass is 9.95. The van der Waals surface area contributed by atoms with Gasteiger partial charge in [-0.25, -0.2) is 4.79 Å². The highest BCUT2D eigenvalue weighted by Gasteiger charge is 2.34. The van der Waals surface area contributed by atoms with E-state index in [1.165, 1.54) is 5.57 Å². The first kappa shape index (κ1) is 17.2. The van der Waals surface area contributed by atoms with Gasteiger partial charge in [-0.15, -0.1) is 0 Å². The lowest BCUT2D eigenvalue weighted by Gasteiger charge is -2.28. The summed E-state index contributed by atoms with van der Waals surface area (Å²) in [5, 5.41) is 6.05. The topological polar surface area (TPSA) is 59.6 Å². The van der Waals surface area contributed by atoms with Gasteiger partial charge in [0.05, 0.1) is 20.3 Å². The predicted octanol–water partition coefficient (Wildman–Crippen LogP) is 4.19. The van der Waals surface area contributed by atoms with Gasteiger partial charge in [-0.3, -0.25) is 0 Å². The van der Waals surface area contributed by atoms with Crippen LogP contribution in [0.15, 0.2) is 65.4 Å². The molecule has 0 fully saturated rings. The van der Waals surface area contributed by atoms with Crippen LogP contribution in [0.2, 0.25) is 0 Å². The van der Waals surface area contributed by atoms with Crippen molar-refractivity contribution in [2.45, 2.75) is 18.9 Å². The van der Waals surface area contributed by atoms with Crippen LogP contribution in [0.3, 0.4) is 0 Å². The average molecular weight is 362 g/mol. The van der Waals surface area contributed by atoms with Gasteiger partial charge < -0.3 is 20.1 Å². The van der Waals surface area contributed by atoms with Crippen LogP contribution in [0.1, 0.15) is 30.0 Å². The third-order valence-electron chi connectivity index (χ3n) is 5.09. The molecule has 2 N–H and O–H groups in total. The molecule has 0 saturated heterocycles. The lowest BCUT2D eigenvalue weighted by molar-refractivity contribution is 0.238. The zero-order valence-electron chi connectivity index (χ0n) is 15.4. The lowest BCUT2D eigenvalue weighted by Crippen LogP contribution is -2.43. The minimum atomic E-state index is -0.197. The molecule has 2 aromatic rings. The number of hydrogen-bond donors (Lipinski definition) is 2. The van der Waals surface area contributed by atoms with Crippen LogP contribution in [0.4, 0.5) is 4.79 Å². The molecule has 5 nitrogen and oxygen atoms in total. The predicted molar refractivity (Wildman–Crippen MR) is 105 cm³/mol. The van der Waals surface area contributed by atoms with Crippen LogP contribution in [0, 0.1) is 0 Å². The monoisotopic (exact) mass is 362 g/mol. The maximum absolute atomic E-state index is 12.4. The van der Waals surface area contributed by atoms with Crippen molar-refractivity contribution in [2.24, 2.45) is 0 Å². The molecule has 27 heavy (non-hydrogen) atoms. The van der Waals surface area contributed by atoms with Gasteiger partial charge in [0.25, 0.3) is 0 Å². The summed E-state index contributed by atoms with van der Waals surface area (Å²) in [5.41, 5.74) is 5.19. The van der Waals surface area contributed by atoms with Crippen LogP contribution in [0.5, 0.6) is 11.5 Å². The summed E-state index contributed by atoms with van der Waals surface area (Å²) >= 11 is 0. The number of allylic oxidation sites excluding steroid dienone is 1. The van der Waals surface area contributed by atoms with E-state index < -0.39 is 0 Å². The molecule has 138 valence electrons. The van der Waals surface area contributed by atoms with Gasteiger partial charge in [-0.1, -0.05) is 36.4 Å². The van der Waals surface area contributed by atoms with E-state index in [4.69, 9.17) is 9.47 Å². The second-order valence-corrected chi connectivity index (χ2v) is 6.59. The molecule has 1 heterocycles. The molecule has 0 spiro atoms. The highest BCUT2D eigenvalue weighted by Crippen LogP contribution is 2.42. The summed E-state index contributed by atoms with van der Waals surface area (Å²) in [6, 6.07) is 15.3. The third kappa shape index (κ3) is 3.16. The molecular weight excluding hydrogens is 340 g/mol. The number of methoxy groups -OCH3 is 2. The zero-order valence-corrected chi connectivity index (χ0v) is 15.4. The molecule has 0 aromatic heterocycles. The number of rotatable bonds is 4. The zero-order chi connectivity index (χ0) is 18.8. The third-order valence-corrected chi connectivity index (χ3v) is 5.09. The fraction of sp³-hybridized carbons (Fsp3) is 0.227. The maximum Gasteiger partial charge on any atom is 0.319 e. The minimum Gasteiger partial charge on any atom is -0.496 e. The first-order valence-corrected chi connectivity index (χ1v) is 8.98. The molecule has 0 bridgehead atoms. The second-order valence-electron chi connectivity index (χ2n) is 6.59. The van der Waals surface area contributed by atoms with Crippen LogP contribution >= 0.6 is 0 Å². The molecule has 4 rings (SSSR count). The number of urea groups is 1. The molecule has 1 aliphatic heterocycles. The Balaban J connectivity index is 1.77. The van der Waals surface area contributed by atoms with Crippen molar-refractivity contribution >= 4 is 12.1 Å². The average Bonchev–Trinajstić information content (AvgIpc) is 3.10. The summed E-state index contributed by atoms with van der Waals surface area (Å²) in [6.45, 7) is 0. The Morgan fingerprint density at radius 3 is 2.44 bits per heavy atom. The largest absolute Gasteiger partial charge is 0.496 e. The van der Waals surface area contributed by atoms with E-state index in [2.05, 4.69) is 16.7 Å². The van der Waals surface area contributed by atoms with E-state index in [9.17, 15) is 4.79 Å². The van der Waals surface area contributed by atoms with E-state index >= 15 is 0 Å². The van der Waals surface area contributed by atoms with Gasteiger partial charge in [-0.05, 0) is 42.2 Å². The Morgan fingerprint density at radius 2 is 1.67 bits per heavy atom. The van der Waals surface area contributed by atoms with Gasteiger partial charge in [0.2, 0.25) is 0 Å². The molecule has 2 amide bonds. The number of hydrogen-bond acceptors (Lipinski definition) is 3. The number of nitrogens with one attached hydrogen (secondary N) is 2. The molecule has 1 aliphatic carbocycles. The minimum absolute atomic E-state index is 0.187. The van der Waals surface area contributed by atoms with Gasteiger partial charge >= 0.3 is 6.03 Å². The van der Waals surface area contributed by atoms with Crippen molar-refractivity contribution in [1.82, 2.24) is 10.6 Å². The van der Waals surface area contributed by atoms with Gasteiger partial charge in [-0.2, -0.15) is 0 Å². The first-order valence-electron chi connectivity index (χ1n) is 8.98. The number of benzene rings is 2. The number of para-hydroxylation sites is 2. The SMILES string of the molecule is COc1ccccc1/C=C1\CCC2=C1NC(=O)NC2c1ccccc1OC. The van der Waals surface area contributed by atoms with Gasteiger partial charge in [0.1, 0.15) is 11.5 Å².